The highest BCUT2D eigenvalue weighted by Gasteiger charge is 2.12. The Morgan fingerprint density at radius 3 is 2.88 bits per heavy atom. The molecule has 7 nitrogen and oxygen atoms in total. The summed E-state index contributed by atoms with van der Waals surface area (Å²) in [5, 5.41) is 4.53. The number of aryl methyl sites for hydroxylation is 1. The molecule has 0 radical (unpaired) electrons. The van der Waals surface area contributed by atoms with Gasteiger partial charge >= 0.3 is 0 Å². The third-order valence-corrected chi connectivity index (χ3v) is 4.54. The summed E-state index contributed by atoms with van der Waals surface area (Å²) in [7, 11) is 1.61. The molecule has 3 aromatic rings. The fraction of sp³-hybridized carbons (Fsp3) is 0.294. The number of H-pyrrole nitrogens is 1. The molecule has 2 aromatic heterocycles. The highest BCUT2D eigenvalue weighted by Crippen LogP contribution is 2.23. The summed E-state index contributed by atoms with van der Waals surface area (Å²) in [4.78, 5) is 23.5. The number of nitrogens with one attached hydrogen (secondary N) is 1. The van der Waals surface area contributed by atoms with Gasteiger partial charge in [0.1, 0.15) is 5.75 Å². The number of ether oxygens (including phenoxy) is 1. The molecular formula is C17H18N4O3S. The molecule has 2 heterocycles. The van der Waals surface area contributed by atoms with Gasteiger partial charge in [0.2, 0.25) is 11.7 Å². The van der Waals surface area contributed by atoms with Gasteiger partial charge in [0.05, 0.1) is 12.9 Å². The normalized spacial score (nSPS) is 10.8. The molecule has 0 aliphatic carbocycles. The minimum absolute atomic E-state index is 0.0971. The van der Waals surface area contributed by atoms with E-state index in [1.807, 2.05) is 38.1 Å². The van der Waals surface area contributed by atoms with Crippen molar-refractivity contribution < 1.29 is 9.26 Å². The minimum atomic E-state index is -0.0971. The lowest BCUT2D eigenvalue weighted by atomic mass is 10.2. The Balaban J connectivity index is 1.73. The summed E-state index contributed by atoms with van der Waals surface area (Å²) >= 11 is 1.35. The maximum atomic E-state index is 12.0. The van der Waals surface area contributed by atoms with Gasteiger partial charge in [0, 0.05) is 16.8 Å². The van der Waals surface area contributed by atoms with Gasteiger partial charge in [0.25, 0.3) is 5.56 Å². The van der Waals surface area contributed by atoms with Crippen molar-refractivity contribution in [1.29, 1.82) is 0 Å². The fourth-order valence-corrected chi connectivity index (χ4v) is 3.14. The first-order valence-electron chi connectivity index (χ1n) is 7.80. The topological polar surface area (TPSA) is 93.9 Å². The number of hydrogen-bond donors (Lipinski definition) is 1. The molecule has 25 heavy (non-hydrogen) atoms. The molecule has 1 N–H and O–H groups in total. The maximum Gasteiger partial charge on any atom is 0.254 e. The molecule has 0 aliphatic rings. The van der Waals surface area contributed by atoms with Crippen LogP contribution in [0.5, 0.6) is 5.75 Å². The van der Waals surface area contributed by atoms with Gasteiger partial charge in [0.15, 0.2) is 5.16 Å². The van der Waals surface area contributed by atoms with Crippen LogP contribution in [0.3, 0.4) is 0 Å². The van der Waals surface area contributed by atoms with Crippen LogP contribution in [0.15, 0.2) is 38.7 Å². The summed E-state index contributed by atoms with van der Waals surface area (Å²) in [6.45, 7) is 3.77. The van der Waals surface area contributed by atoms with Gasteiger partial charge in [-0.05, 0) is 25.5 Å². The third kappa shape index (κ3) is 3.90. The summed E-state index contributed by atoms with van der Waals surface area (Å²) in [5.74, 6) is 2.10. The van der Waals surface area contributed by atoms with Crippen molar-refractivity contribution in [2.45, 2.75) is 31.2 Å². The Labute approximate surface area is 148 Å². The maximum absolute atomic E-state index is 12.0. The van der Waals surface area contributed by atoms with Crippen LogP contribution >= 0.6 is 11.8 Å². The Kier molecular flexibility index (Phi) is 5.18. The summed E-state index contributed by atoms with van der Waals surface area (Å²) in [6.07, 6.45) is 0.659. The van der Waals surface area contributed by atoms with Crippen molar-refractivity contribution >= 4 is 11.8 Å². The average molecular weight is 358 g/mol. The van der Waals surface area contributed by atoms with E-state index in [9.17, 15) is 4.79 Å². The van der Waals surface area contributed by atoms with Crippen LogP contribution in [0.4, 0.5) is 0 Å². The lowest BCUT2D eigenvalue weighted by molar-refractivity contribution is 0.391. The summed E-state index contributed by atoms with van der Waals surface area (Å²) in [6, 6.07) is 7.44. The van der Waals surface area contributed by atoms with Gasteiger partial charge < -0.3 is 14.2 Å². The van der Waals surface area contributed by atoms with Crippen LogP contribution in [0, 0.1) is 6.92 Å². The molecule has 0 atom stereocenters. The number of benzene rings is 1. The molecule has 0 fully saturated rings. The van der Waals surface area contributed by atoms with E-state index in [0.29, 0.717) is 34.6 Å². The number of methoxy groups -OCH3 is 1. The summed E-state index contributed by atoms with van der Waals surface area (Å²) < 4.78 is 10.5. The first kappa shape index (κ1) is 17.2. The van der Waals surface area contributed by atoms with Crippen molar-refractivity contribution in [2.75, 3.05) is 7.11 Å². The van der Waals surface area contributed by atoms with Crippen LogP contribution in [0.2, 0.25) is 0 Å². The smallest absolute Gasteiger partial charge is 0.254 e. The van der Waals surface area contributed by atoms with Gasteiger partial charge in [-0.3, -0.25) is 4.79 Å². The van der Waals surface area contributed by atoms with E-state index in [1.54, 1.807) is 7.11 Å². The van der Waals surface area contributed by atoms with Crippen molar-refractivity contribution in [3.05, 3.63) is 51.8 Å². The van der Waals surface area contributed by atoms with Gasteiger partial charge in [-0.2, -0.15) is 4.98 Å². The molecule has 130 valence electrons. The zero-order chi connectivity index (χ0) is 17.8. The molecule has 0 unspecified atom stereocenters. The predicted octanol–water partition coefficient (Wildman–Crippen LogP) is 2.99. The molecule has 0 spiro atoms. The van der Waals surface area contributed by atoms with E-state index in [-0.39, 0.29) is 5.56 Å². The number of aromatic amines is 1. The highest BCUT2D eigenvalue weighted by molar-refractivity contribution is 7.98. The molecular weight excluding hydrogens is 340 g/mol. The molecule has 0 saturated heterocycles. The lowest BCUT2D eigenvalue weighted by Gasteiger charge is -2.03. The average Bonchev–Trinajstić information content (AvgIpc) is 3.09. The first-order valence-corrected chi connectivity index (χ1v) is 8.79. The Morgan fingerprint density at radius 2 is 2.16 bits per heavy atom. The highest BCUT2D eigenvalue weighted by atomic mass is 32.2. The quantitative estimate of drug-likeness (QED) is 0.535. The van der Waals surface area contributed by atoms with Crippen LogP contribution in [-0.2, 0) is 12.2 Å². The van der Waals surface area contributed by atoms with E-state index in [0.717, 1.165) is 17.0 Å². The Morgan fingerprint density at radius 1 is 1.32 bits per heavy atom. The Hall–Kier alpha value is -2.61. The monoisotopic (exact) mass is 358 g/mol. The zero-order valence-corrected chi connectivity index (χ0v) is 15.0. The first-order chi connectivity index (χ1) is 12.1. The number of thioether (sulfide) groups is 1. The van der Waals surface area contributed by atoms with Gasteiger partial charge in [-0.25, -0.2) is 4.98 Å². The van der Waals surface area contributed by atoms with Gasteiger partial charge in [-0.1, -0.05) is 36.0 Å². The molecule has 0 saturated carbocycles. The van der Waals surface area contributed by atoms with E-state index in [4.69, 9.17) is 9.26 Å². The van der Waals surface area contributed by atoms with Crippen LogP contribution in [0.1, 0.15) is 24.1 Å². The summed E-state index contributed by atoms with van der Waals surface area (Å²) in [5.41, 5.74) is 2.17. The minimum Gasteiger partial charge on any atom is -0.497 e. The molecule has 8 heteroatoms. The fourth-order valence-electron chi connectivity index (χ4n) is 2.39. The second kappa shape index (κ2) is 7.52. The zero-order valence-electron chi connectivity index (χ0n) is 14.2. The van der Waals surface area contributed by atoms with Crippen molar-refractivity contribution in [3.63, 3.8) is 0 Å². The van der Waals surface area contributed by atoms with E-state index in [2.05, 4.69) is 20.1 Å². The SMILES string of the molecule is CCc1c(C)nc(SCc2nc(-c3cccc(OC)c3)no2)[nH]c1=O. The van der Waals surface area contributed by atoms with Crippen LogP contribution in [0.25, 0.3) is 11.4 Å². The number of hydrogen-bond acceptors (Lipinski definition) is 7. The van der Waals surface area contributed by atoms with Crippen molar-refractivity contribution in [1.82, 2.24) is 20.1 Å². The second-order valence-corrected chi connectivity index (χ2v) is 6.28. The molecule has 0 amide bonds. The van der Waals surface area contributed by atoms with Crippen LogP contribution in [-0.4, -0.2) is 27.2 Å². The van der Waals surface area contributed by atoms with Crippen molar-refractivity contribution in [3.8, 4) is 17.1 Å². The van der Waals surface area contributed by atoms with Crippen LogP contribution < -0.4 is 10.3 Å². The molecule has 3 rings (SSSR count). The second-order valence-electron chi connectivity index (χ2n) is 5.32. The van der Waals surface area contributed by atoms with E-state index in [1.165, 1.54) is 11.8 Å². The molecule has 0 bridgehead atoms. The molecule has 1 aromatic carbocycles. The number of nitrogens with zero attached hydrogens (tertiary/aromatic N) is 3. The van der Waals surface area contributed by atoms with Gasteiger partial charge in [-0.15, -0.1) is 0 Å². The predicted molar refractivity (Wildman–Crippen MR) is 94.8 cm³/mol. The van der Waals surface area contributed by atoms with E-state index < -0.39 is 0 Å². The van der Waals surface area contributed by atoms with Crippen molar-refractivity contribution in [2.24, 2.45) is 0 Å². The Bertz CT molecular complexity index is 936. The molecule has 0 aliphatic heterocycles. The standard InChI is InChI=1S/C17H18N4O3S/c1-4-13-10(2)18-17(20-16(13)22)25-9-14-19-15(21-24-14)11-6-5-7-12(8-11)23-3/h5-8H,4,9H2,1-3H3,(H,18,20,22). The van der Waals surface area contributed by atoms with E-state index >= 15 is 0 Å². The lowest BCUT2D eigenvalue weighted by Crippen LogP contribution is -2.16. The number of aromatic nitrogens is 4. The largest absolute Gasteiger partial charge is 0.497 e. The number of rotatable bonds is 6. The third-order valence-electron chi connectivity index (χ3n) is 3.68.